The number of rotatable bonds is 6. The SMILES string of the molecule is CC(C)(C)OCCSc1ccc(CC(=O)O)cc1. The predicted molar refractivity (Wildman–Crippen MR) is 74.2 cm³/mol. The Morgan fingerprint density at radius 1 is 1.28 bits per heavy atom. The summed E-state index contributed by atoms with van der Waals surface area (Å²) in [6, 6.07) is 7.64. The molecule has 0 amide bonds. The third-order valence-corrected chi connectivity index (χ3v) is 3.14. The van der Waals surface area contributed by atoms with E-state index < -0.39 is 5.97 Å². The van der Waals surface area contributed by atoms with Crippen LogP contribution in [0.25, 0.3) is 0 Å². The minimum absolute atomic E-state index is 0.0814. The molecule has 100 valence electrons. The van der Waals surface area contributed by atoms with Gasteiger partial charge in [-0.1, -0.05) is 12.1 Å². The Balaban J connectivity index is 2.33. The van der Waals surface area contributed by atoms with E-state index in [4.69, 9.17) is 9.84 Å². The fourth-order valence-corrected chi connectivity index (χ4v) is 2.12. The van der Waals surface area contributed by atoms with Crippen LogP contribution < -0.4 is 0 Å². The quantitative estimate of drug-likeness (QED) is 0.635. The van der Waals surface area contributed by atoms with Gasteiger partial charge in [-0.25, -0.2) is 0 Å². The highest BCUT2D eigenvalue weighted by molar-refractivity contribution is 7.99. The van der Waals surface area contributed by atoms with Gasteiger partial charge in [-0.05, 0) is 38.5 Å². The highest BCUT2D eigenvalue weighted by Gasteiger charge is 2.09. The number of benzene rings is 1. The molecule has 18 heavy (non-hydrogen) atoms. The first-order valence-corrected chi connectivity index (χ1v) is 6.93. The van der Waals surface area contributed by atoms with E-state index in [-0.39, 0.29) is 12.0 Å². The first-order valence-electron chi connectivity index (χ1n) is 5.94. The Labute approximate surface area is 113 Å². The van der Waals surface area contributed by atoms with Crippen molar-refractivity contribution in [3.05, 3.63) is 29.8 Å². The Bertz CT molecular complexity index is 379. The summed E-state index contributed by atoms with van der Waals surface area (Å²) in [4.78, 5) is 11.7. The maximum absolute atomic E-state index is 10.5. The molecule has 0 saturated heterocycles. The van der Waals surface area contributed by atoms with Gasteiger partial charge in [0.25, 0.3) is 0 Å². The van der Waals surface area contributed by atoms with E-state index in [2.05, 4.69) is 0 Å². The number of hydrogen-bond acceptors (Lipinski definition) is 3. The number of hydrogen-bond donors (Lipinski definition) is 1. The molecule has 0 atom stereocenters. The molecule has 1 aromatic rings. The van der Waals surface area contributed by atoms with Crippen molar-refractivity contribution in [1.82, 2.24) is 0 Å². The van der Waals surface area contributed by atoms with E-state index in [0.29, 0.717) is 6.61 Å². The molecule has 1 rings (SSSR count). The molecule has 0 radical (unpaired) electrons. The van der Waals surface area contributed by atoms with Crippen LogP contribution in [-0.4, -0.2) is 29.0 Å². The number of ether oxygens (including phenoxy) is 1. The van der Waals surface area contributed by atoms with E-state index in [1.54, 1.807) is 11.8 Å². The zero-order valence-electron chi connectivity index (χ0n) is 11.1. The predicted octanol–water partition coefficient (Wildman–Crippen LogP) is 3.22. The van der Waals surface area contributed by atoms with Crippen LogP contribution in [0, 0.1) is 0 Å². The van der Waals surface area contributed by atoms with Gasteiger partial charge in [0.05, 0.1) is 18.6 Å². The van der Waals surface area contributed by atoms with E-state index in [9.17, 15) is 4.79 Å². The Hall–Kier alpha value is -1.00. The average molecular weight is 268 g/mol. The molecule has 3 nitrogen and oxygen atoms in total. The summed E-state index contributed by atoms with van der Waals surface area (Å²) in [7, 11) is 0. The second-order valence-corrected chi connectivity index (χ2v) is 6.19. The van der Waals surface area contributed by atoms with Crippen molar-refractivity contribution in [3.8, 4) is 0 Å². The Kier molecular flexibility index (Phi) is 5.69. The largest absolute Gasteiger partial charge is 0.481 e. The Morgan fingerprint density at radius 3 is 2.39 bits per heavy atom. The van der Waals surface area contributed by atoms with Gasteiger partial charge in [-0.15, -0.1) is 11.8 Å². The summed E-state index contributed by atoms with van der Waals surface area (Å²) >= 11 is 1.72. The zero-order valence-corrected chi connectivity index (χ0v) is 11.9. The minimum Gasteiger partial charge on any atom is -0.481 e. The number of aliphatic carboxylic acids is 1. The third kappa shape index (κ3) is 6.67. The molecule has 0 aromatic heterocycles. The van der Waals surface area contributed by atoms with Crippen molar-refractivity contribution < 1.29 is 14.6 Å². The highest BCUT2D eigenvalue weighted by atomic mass is 32.2. The molecule has 0 heterocycles. The van der Waals surface area contributed by atoms with Gasteiger partial charge in [0.2, 0.25) is 0 Å². The van der Waals surface area contributed by atoms with Crippen LogP contribution in [0.3, 0.4) is 0 Å². The lowest BCUT2D eigenvalue weighted by atomic mass is 10.2. The standard InChI is InChI=1S/C14H20O3S/c1-14(2,3)17-8-9-18-12-6-4-11(5-7-12)10-13(15)16/h4-7H,8-10H2,1-3H3,(H,15,16). The van der Waals surface area contributed by atoms with Crippen LogP contribution in [0.1, 0.15) is 26.3 Å². The van der Waals surface area contributed by atoms with Crippen LogP contribution >= 0.6 is 11.8 Å². The second-order valence-electron chi connectivity index (χ2n) is 5.02. The van der Waals surface area contributed by atoms with Gasteiger partial charge in [-0.3, -0.25) is 4.79 Å². The normalized spacial score (nSPS) is 11.5. The minimum atomic E-state index is -0.797. The van der Waals surface area contributed by atoms with Gasteiger partial charge < -0.3 is 9.84 Å². The lowest BCUT2D eigenvalue weighted by Crippen LogP contribution is -2.20. The third-order valence-electron chi connectivity index (χ3n) is 2.17. The summed E-state index contributed by atoms with van der Waals surface area (Å²) in [5, 5.41) is 8.66. The molecule has 0 unspecified atom stereocenters. The number of carboxylic acids is 1. The van der Waals surface area contributed by atoms with Crippen molar-refractivity contribution in [2.45, 2.75) is 37.7 Å². The average Bonchev–Trinajstić information content (AvgIpc) is 2.24. The molecule has 0 bridgehead atoms. The van der Waals surface area contributed by atoms with E-state index >= 15 is 0 Å². The van der Waals surface area contributed by atoms with E-state index in [0.717, 1.165) is 16.2 Å². The van der Waals surface area contributed by atoms with Crippen LogP contribution in [0.5, 0.6) is 0 Å². The topological polar surface area (TPSA) is 46.5 Å². The molecule has 0 saturated carbocycles. The monoisotopic (exact) mass is 268 g/mol. The lowest BCUT2D eigenvalue weighted by molar-refractivity contribution is -0.136. The molecule has 1 N–H and O–H groups in total. The van der Waals surface area contributed by atoms with Crippen LogP contribution in [0.15, 0.2) is 29.2 Å². The molecule has 4 heteroatoms. The number of thioether (sulfide) groups is 1. The van der Waals surface area contributed by atoms with Crippen molar-refractivity contribution in [1.29, 1.82) is 0 Å². The zero-order chi connectivity index (χ0) is 13.6. The summed E-state index contributed by atoms with van der Waals surface area (Å²) in [6.07, 6.45) is 0.0814. The summed E-state index contributed by atoms with van der Waals surface area (Å²) < 4.78 is 5.63. The van der Waals surface area contributed by atoms with Gasteiger partial charge in [0.1, 0.15) is 0 Å². The molecule has 0 aliphatic carbocycles. The van der Waals surface area contributed by atoms with Crippen LogP contribution in [0.4, 0.5) is 0 Å². The first kappa shape index (κ1) is 15.1. The number of carbonyl (C=O) groups is 1. The molecule has 0 fully saturated rings. The van der Waals surface area contributed by atoms with Crippen LogP contribution in [0.2, 0.25) is 0 Å². The highest BCUT2D eigenvalue weighted by Crippen LogP contribution is 2.19. The summed E-state index contributed by atoms with van der Waals surface area (Å²) in [5.74, 6) is 0.101. The summed E-state index contributed by atoms with van der Waals surface area (Å²) in [6.45, 7) is 6.83. The van der Waals surface area contributed by atoms with E-state index in [1.165, 1.54) is 0 Å². The fourth-order valence-electron chi connectivity index (χ4n) is 1.39. The van der Waals surface area contributed by atoms with Gasteiger partial charge in [-0.2, -0.15) is 0 Å². The Morgan fingerprint density at radius 2 is 1.89 bits per heavy atom. The first-order chi connectivity index (χ1) is 8.37. The smallest absolute Gasteiger partial charge is 0.307 e. The molecule has 1 aromatic carbocycles. The molecular weight excluding hydrogens is 248 g/mol. The van der Waals surface area contributed by atoms with E-state index in [1.807, 2.05) is 45.0 Å². The molecule has 0 aliphatic heterocycles. The lowest BCUT2D eigenvalue weighted by Gasteiger charge is -2.19. The molecule has 0 spiro atoms. The molecular formula is C14H20O3S. The molecule has 0 aliphatic rings. The van der Waals surface area contributed by atoms with Gasteiger partial charge in [0, 0.05) is 10.6 Å². The van der Waals surface area contributed by atoms with Crippen molar-refractivity contribution in [2.24, 2.45) is 0 Å². The second kappa shape index (κ2) is 6.81. The number of carboxylic acid groups (broad SMARTS) is 1. The van der Waals surface area contributed by atoms with Crippen molar-refractivity contribution in [2.75, 3.05) is 12.4 Å². The van der Waals surface area contributed by atoms with Crippen molar-refractivity contribution >= 4 is 17.7 Å². The van der Waals surface area contributed by atoms with Crippen LogP contribution in [-0.2, 0) is 16.0 Å². The summed E-state index contributed by atoms with van der Waals surface area (Å²) in [5.41, 5.74) is 0.740. The fraction of sp³-hybridized carbons (Fsp3) is 0.500. The maximum atomic E-state index is 10.5. The van der Waals surface area contributed by atoms with Crippen molar-refractivity contribution in [3.63, 3.8) is 0 Å². The van der Waals surface area contributed by atoms with Gasteiger partial charge >= 0.3 is 5.97 Å². The maximum Gasteiger partial charge on any atom is 0.307 e. The van der Waals surface area contributed by atoms with Gasteiger partial charge in [0.15, 0.2) is 0 Å².